The van der Waals surface area contributed by atoms with Gasteiger partial charge in [-0.25, -0.2) is 0 Å². The van der Waals surface area contributed by atoms with Crippen LogP contribution in [0.25, 0.3) is 32.7 Å². The van der Waals surface area contributed by atoms with Crippen molar-refractivity contribution in [2.24, 2.45) is 4.99 Å². The maximum Gasteiger partial charge on any atom is 0.285 e. The molecule has 5 rings (SSSR count). The molecule has 2 N–H and O–H groups in total. The summed E-state index contributed by atoms with van der Waals surface area (Å²) >= 11 is 0. The molecule has 0 atom stereocenters. The molecular weight excluding hydrogens is 444 g/mol. The van der Waals surface area contributed by atoms with Crippen molar-refractivity contribution in [1.82, 2.24) is 0 Å². The zero-order chi connectivity index (χ0) is 24.5. The van der Waals surface area contributed by atoms with Crippen molar-refractivity contribution in [3.8, 4) is 11.1 Å². The second-order valence-corrected chi connectivity index (χ2v) is 7.91. The van der Waals surface area contributed by atoms with Crippen LogP contribution in [-0.4, -0.2) is 16.1 Å². The number of nitro benzene ring substituents is 2. The molecule has 0 aliphatic rings. The number of anilines is 1. The predicted molar refractivity (Wildman–Crippen MR) is 138 cm³/mol. The minimum atomic E-state index is -0.654. The van der Waals surface area contributed by atoms with E-state index in [1.807, 2.05) is 66.7 Å². The Balaban J connectivity index is 1.82. The molecule has 0 radical (unpaired) electrons. The largest absolute Gasteiger partial charge is 0.398 e. The van der Waals surface area contributed by atoms with Gasteiger partial charge in [0, 0.05) is 35.2 Å². The molecule has 0 saturated heterocycles. The van der Waals surface area contributed by atoms with Gasteiger partial charge in [-0.3, -0.25) is 25.2 Å². The van der Waals surface area contributed by atoms with Gasteiger partial charge in [-0.15, -0.1) is 0 Å². The lowest BCUT2D eigenvalue weighted by Crippen LogP contribution is -2.00. The number of aliphatic imine (C=N–C) groups is 1. The average molecular weight is 462 g/mol. The maximum absolute atomic E-state index is 11.6. The van der Waals surface area contributed by atoms with Crippen molar-refractivity contribution in [3.05, 3.63) is 117 Å². The first kappa shape index (κ1) is 21.7. The van der Waals surface area contributed by atoms with Gasteiger partial charge in [0.2, 0.25) is 0 Å². The molecule has 5 aromatic carbocycles. The SMILES string of the molecule is Nc1ccc2ccccc2c1-c1c(/N=C\c2c([N+](=O)[O-])cccc2[N+](=O)[O-])ccc2ccccc12. The highest BCUT2D eigenvalue weighted by Crippen LogP contribution is 2.43. The number of hydrogen-bond donors (Lipinski definition) is 1. The van der Waals surface area contributed by atoms with Crippen molar-refractivity contribution in [2.75, 3.05) is 5.73 Å². The highest BCUT2D eigenvalue weighted by molar-refractivity contribution is 6.13. The predicted octanol–water partition coefficient (Wildman–Crippen LogP) is 6.81. The number of nitrogen functional groups attached to an aromatic ring is 1. The Morgan fingerprint density at radius 2 is 1.20 bits per heavy atom. The average Bonchev–Trinajstić information content (AvgIpc) is 2.87. The summed E-state index contributed by atoms with van der Waals surface area (Å²) in [6.07, 6.45) is 1.19. The normalized spacial score (nSPS) is 11.3. The molecule has 0 aliphatic heterocycles. The minimum absolute atomic E-state index is 0.174. The van der Waals surface area contributed by atoms with Gasteiger partial charge in [-0.05, 0) is 39.7 Å². The first-order chi connectivity index (χ1) is 17.0. The van der Waals surface area contributed by atoms with Crippen LogP contribution in [-0.2, 0) is 0 Å². The molecule has 0 aliphatic carbocycles. The maximum atomic E-state index is 11.6. The summed E-state index contributed by atoms with van der Waals surface area (Å²) in [7, 11) is 0. The lowest BCUT2D eigenvalue weighted by Gasteiger charge is -2.15. The van der Waals surface area contributed by atoms with Gasteiger partial charge in [0.25, 0.3) is 11.4 Å². The molecule has 0 saturated carbocycles. The summed E-state index contributed by atoms with van der Waals surface area (Å²) < 4.78 is 0. The van der Waals surface area contributed by atoms with Crippen LogP contribution >= 0.6 is 0 Å². The Labute approximate surface area is 199 Å². The van der Waals surface area contributed by atoms with E-state index in [2.05, 4.69) is 4.99 Å². The third-order valence-corrected chi connectivity index (χ3v) is 5.90. The third kappa shape index (κ3) is 3.83. The number of nitrogens with two attached hydrogens (primary N) is 1. The van der Waals surface area contributed by atoms with E-state index in [4.69, 9.17) is 5.73 Å². The Morgan fingerprint density at radius 3 is 1.80 bits per heavy atom. The molecule has 35 heavy (non-hydrogen) atoms. The van der Waals surface area contributed by atoms with Crippen LogP contribution in [0.15, 0.2) is 96.0 Å². The van der Waals surface area contributed by atoms with Gasteiger partial charge < -0.3 is 5.73 Å². The molecule has 170 valence electrons. The van der Waals surface area contributed by atoms with Crippen molar-refractivity contribution in [3.63, 3.8) is 0 Å². The molecule has 8 heteroatoms. The van der Waals surface area contributed by atoms with Crippen LogP contribution in [0, 0.1) is 20.2 Å². The number of fused-ring (bicyclic) bond motifs is 2. The fourth-order valence-electron chi connectivity index (χ4n) is 4.32. The highest BCUT2D eigenvalue weighted by Gasteiger charge is 2.23. The fourth-order valence-corrected chi connectivity index (χ4v) is 4.32. The zero-order valence-electron chi connectivity index (χ0n) is 18.3. The number of nitrogens with zero attached hydrogens (tertiary/aromatic N) is 3. The van der Waals surface area contributed by atoms with Crippen LogP contribution in [0.4, 0.5) is 22.7 Å². The lowest BCUT2D eigenvalue weighted by atomic mass is 9.91. The van der Waals surface area contributed by atoms with Crippen molar-refractivity contribution in [2.45, 2.75) is 0 Å². The molecule has 0 heterocycles. The van der Waals surface area contributed by atoms with Gasteiger partial charge in [0.1, 0.15) is 5.56 Å². The van der Waals surface area contributed by atoms with Crippen LogP contribution < -0.4 is 5.73 Å². The van der Waals surface area contributed by atoms with Gasteiger partial charge in [0.15, 0.2) is 0 Å². The second kappa shape index (κ2) is 8.68. The van der Waals surface area contributed by atoms with Crippen molar-refractivity contribution < 1.29 is 9.85 Å². The summed E-state index contributed by atoms with van der Waals surface area (Å²) in [6.45, 7) is 0. The zero-order valence-corrected chi connectivity index (χ0v) is 18.3. The van der Waals surface area contributed by atoms with E-state index < -0.39 is 21.2 Å². The molecule has 0 unspecified atom stereocenters. The number of rotatable bonds is 5. The second-order valence-electron chi connectivity index (χ2n) is 7.91. The number of hydrogen-bond acceptors (Lipinski definition) is 6. The van der Waals surface area contributed by atoms with E-state index in [1.165, 1.54) is 24.4 Å². The smallest absolute Gasteiger partial charge is 0.285 e. The quantitative estimate of drug-likeness (QED) is 0.133. The molecule has 5 aromatic rings. The van der Waals surface area contributed by atoms with Gasteiger partial charge in [0.05, 0.1) is 15.5 Å². The molecule has 0 bridgehead atoms. The van der Waals surface area contributed by atoms with E-state index in [1.54, 1.807) is 6.07 Å². The van der Waals surface area contributed by atoms with Gasteiger partial charge in [-0.2, -0.15) is 0 Å². The molecule has 0 amide bonds. The van der Waals surface area contributed by atoms with Crippen LogP contribution in [0.5, 0.6) is 0 Å². The standard InChI is InChI=1S/C27H18N4O4/c28-22-14-12-17-6-1-3-8-19(17)26(22)27-20-9-4-2-7-18(20)13-15-23(27)29-16-21-24(30(32)33)10-5-11-25(21)31(34)35/h1-16H,28H2/b29-16-. The third-order valence-electron chi connectivity index (χ3n) is 5.90. The molecule has 8 nitrogen and oxygen atoms in total. The van der Waals surface area contributed by atoms with E-state index >= 15 is 0 Å². The minimum Gasteiger partial charge on any atom is -0.398 e. The van der Waals surface area contributed by atoms with E-state index in [-0.39, 0.29) is 5.56 Å². The first-order valence-corrected chi connectivity index (χ1v) is 10.7. The van der Waals surface area contributed by atoms with Crippen molar-refractivity contribution in [1.29, 1.82) is 0 Å². The van der Waals surface area contributed by atoms with Crippen molar-refractivity contribution >= 4 is 50.5 Å². The molecule has 0 aromatic heterocycles. The molecular formula is C27H18N4O4. The summed E-state index contributed by atoms with van der Waals surface area (Å²) in [5, 5.41) is 26.9. The lowest BCUT2D eigenvalue weighted by molar-refractivity contribution is -0.394. The summed E-state index contributed by atoms with van der Waals surface area (Å²) in [6, 6.07) is 26.8. The Bertz CT molecular complexity index is 1650. The van der Waals surface area contributed by atoms with E-state index in [0.717, 1.165) is 32.7 Å². The monoisotopic (exact) mass is 462 g/mol. The van der Waals surface area contributed by atoms with E-state index in [9.17, 15) is 20.2 Å². The van der Waals surface area contributed by atoms with Crippen LogP contribution in [0.3, 0.4) is 0 Å². The summed E-state index contributed by atoms with van der Waals surface area (Å²) in [5.74, 6) is 0. The number of benzene rings is 5. The van der Waals surface area contributed by atoms with Gasteiger partial charge in [-0.1, -0.05) is 60.7 Å². The Hall–Kier alpha value is -5.11. The first-order valence-electron chi connectivity index (χ1n) is 10.7. The number of nitro groups is 2. The molecule has 0 spiro atoms. The van der Waals surface area contributed by atoms with Crippen LogP contribution in [0.1, 0.15) is 5.56 Å². The summed E-state index contributed by atoms with van der Waals surface area (Å²) in [4.78, 5) is 26.4. The topological polar surface area (TPSA) is 125 Å². The fraction of sp³-hybridized carbons (Fsp3) is 0. The summed E-state index contributed by atoms with van der Waals surface area (Å²) in [5.41, 5.74) is 8.08. The van der Waals surface area contributed by atoms with Crippen LogP contribution in [0.2, 0.25) is 0 Å². The molecule has 0 fully saturated rings. The van der Waals surface area contributed by atoms with Gasteiger partial charge >= 0.3 is 0 Å². The van der Waals surface area contributed by atoms with E-state index in [0.29, 0.717) is 11.4 Å². The Morgan fingerprint density at radius 1 is 0.657 bits per heavy atom. The Kier molecular flexibility index (Phi) is 5.39. The highest BCUT2D eigenvalue weighted by atomic mass is 16.6.